The van der Waals surface area contributed by atoms with Gasteiger partial charge in [-0.15, -0.1) is 11.3 Å². The van der Waals surface area contributed by atoms with Gasteiger partial charge < -0.3 is 14.6 Å². The van der Waals surface area contributed by atoms with E-state index in [1.807, 2.05) is 13.8 Å². The van der Waals surface area contributed by atoms with Crippen LogP contribution in [0.1, 0.15) is 53.4 Å². The number of likely N-dealkylation sites (tertiary alicyclic amines) is 1. The molecule has 0 radical (unpaired) electrons. The number of aromatic nitrogens is 1. The molecule has 1 N–H and O–H groups in total. The lowest BCUT2D eigenvalue weighted by atomic mass is 10.2. The molecule has 0 bridgehead atoms. The first-order valence-electron chi connectivity index (χ1n) is 10.4. The van der Waals surface area contributed by atoms with Crippen LogP contribution in [0.5, 0.6) is 0 Å². The molecule has 2 atom stereocenters. The van der Waals surface area contributed by atoms with Crippen molar-refractivity contribution in [3.63, 3.8) is 0 Å². The summed E-state index contributed by atoms with van der Waals surface area (Å²) in [6.45, 7) is 6.69. The third-order valence-electron chi connectivity index (χ3n) is 6.19. The predicted octanol–water partition coefficient (Wildman–Crippen LogP) is 3.99. The maximum Gasteiger partial charge on any atom is 0.239 e. The van der Waals surface area contributed by atoms with Gasteiger partial charge in [0.15, 0.2) is 0 Å². The molecule has 2 aromatic rings. The highest BCUT2D eigenvalue weighted by Gasteiger charge is 2.29. The van der Waals surface area contributed by atoms with E-state index in [9.17, 15) is 10.1 Å². The standard InChI is InChI=1S/C22H28N4O2S/c1-15-16(2)26(13-17-6-4-10-28-17)22(18(15)12-23)24-21(27)14-25-9-3-7-19(25)20-8-5-11-29-20/h5,8,11,17,19H,3-4,6-7,9-10,13-14H2,1-2H3,(H,24,27)/t17-,19-/m1/s1. The first kappa shape index (κ1) is 20.1. The molecule has 4 heterocycles. The second-order valence-electron chi connectivity index (χ2n) is 7.98. The number of hydrogen-bond donors (Lipinski definition) is 1. The summed E-state index contributed by atoms with van der Waals surface area (Å²) in [6, 6.07) is 6.83. The van der Waals surface area contributed by atoms with Crippen molar-refractivity contribution in [2.24, 2.45) is 0 Å². The molecule has 0 unspecified atom stereocenters. The molecule has 0 aliphatic carbocycles. The minimum atomic E-state index is -0.0592. The predicted molar refractivity (Wildman–Crippen MR) is 114 cm³/mol. The first-order chi connectivity index (χ1) is 14.1. The van der Waals surface area contributed by atoms with Gasteiger partial charge in [-0.2, -0.15) is 5.26 Å². The lowest BCUT2D eigenvalue weighted by molar-refractivity contribution is -0.117. The number of anilines is 1. The van der Waals surface area contributed by atoms with Crippen LogP contribution in [0.15, 0.2) is 17.5 Å². The van der Waals surface area contributed by atoms with E-state index in [1.54, 1.807) is 11.3 Å². The molecule has 2 aromatic heterocycles. The highest BCUT2D eigenvalue weighted by Crippen LogP contribution is 2.34. The fraction of sp³-hybridized carbons (Fsp3) is 0.545. The topological polar surface area (TPSA) is 70.3 Å². The zero-order chi connectivity index (χ0) is 20.4. The monoisotopic (exact) mass is 412 g/mol. The third-order valence-corrected chi connectivity index (χ3v) is 7.16. The lowest BCUT2D eigenvalue weighted by Crippen LogP contribution is -2.33. The molecule has 0 aromatic carbocycles. The van der Waals surface area contributed by atoms with E-state index < -0.39 is 0 Å². The smallest absolute Gasteiger partial charge is 0.239 e. The Morgan fingerprint density at radius 2 is 2.24 bits per heavy atom. The summed E-state index contributed by atoms with van der Waals surface area (Å²) in [5.41, 5.74) is 2.51. The molecule has 2 aliphatic heterocycles. The van der Waals surface area contributed by atoms with Crippen LogP contribution in [0.25, 0.3) is 0 Å². The van der Waals surface area contributed by atoms with Gasteiger partial charge in [-0.05, 0) is 63.1 Å². The van der Waals surface area contributed by atoms with E-state index in [-0.39, 0.29) is 12.0 Å². The van der Waals surface area contributed by atoms with E-state index in [2.05, 4.69) is 38.4 Å². The summed E-state index contributed by atoms with van der Waals surface area (Å²) < 4.78 is 7.85. The Morgan fingerprint density at radius 3 is 2.93 bits per heavy atom. The molecular formula is C22H28N4O2S. The van der Waals surface area contributed by atoms with Gasteiger partial charge in [0.1, 0.15) is 11.9 Å². The lowest BCUT2D eigenvalue weighted by Gasteiger charge is -2.23. The summed E-state index contributed by atoms with van der Waals surface area (Å²) in [7, 11) is 0. The van der Waals surface area contributed by atoms with Crippen LogP contribution < -0.4 is 5.32 Å². The molecule has 2 fully saturated rings. The molecule has 7 heteroatoms. The summed E-state index contributed by atoms with van der Waals surface area (Å²) >= 11 is 1.75. The van der Waals surface area contributed by atoms with E-state index in [0.29, 0.717) is 30.5 Å². The van der Waals surface area contributed by atoms with Crippen molar-refractivity contribution in [1.29, 1.82) is 5.26 Å². The Bertz CT molecular complexity index is 906. The fourth-order valence-electron chi connectivity index (χ4n) is 4.53. The number of nitriles is 1. The van der Waals surface area contributed by atoms with Gasteiger partial charge in [-0.3, -0.25) is 9.69 Å². The SMILES string of the molecule is Cc1c(C#N)c(NC(=O)CN2CCC[C@@H]2c2cccs2)n(C[C@H]2CCCO2)c1C. The number of nitrogens with one attached hydrogen (secondary N) is 1. The minimum Gasteiger partial charge on any atom is -0.376 e. The number of nitrogens with zero attached hydrogens (tertiary/aromatic N) is 3. The number of rotatable bonds is 6. The van der Waals surface area contributed by atoms with Crippen LogP contribution in [0.3, 0.4) is 0 Å². The van der Waals surface area contributed by atoms with Crippen LogP contribution in [-0.2, 0) is 16.1 Å². The van der Waals surface area contributed by atoms with Crippen molar-refractivity contribution in [2.45, 2.75) is 58.2 Å². The van der Waals surface area contributed by atoms with Gasteiger partial charge in [0, 0.05) is 23.2 Å². The van der Waals surface area contributed by atoms with E-state index in [1.165, 1.54) is 4.88 Å². The average molecular weight is 413 g/mol. The van der Waals surface area contributed by atoms with Gasteiger partial charge in [0.2, 0.25) is 5.91 Å². The maximum atomic E-state index is 13.0. The van der Waals surface area contributed by atoms with Crippen LogP contribution in [0.2, 0.25) is 0 Å². The molecule has 29 heavy (non-hydrogen) atoms. The number of amides is 1. The largest absolute Gasteiger partial charge is 0.376 e. The molecule has 2 saturated heterocycles. The molecule has 2 aliphatic rings. The zero-order valence-corrected chi connectivity index (χ0v) is 17.9. The first-order valence-corrected chi connectivity index (χ1v) is 11.2. The van der Waals surface area contributed by atoms with Gasteiger partial charge in [-0.1, -0.05) is 6.07 Å². The zero-order valence-electron chi connectivity index (χ0n) is 17.1. The molecular weight excluding hydrogens is 384 g/mol. The summed E-state index contributed by atoms with van der Waals surface area (Å²) in [4.78, 5) is 16.5. The van der Waals surface area contributed by atoms with Crippen LogP contribution in [-0.4, -0.2) is 41.2 Å². The van der Waals surface area contributed by atoms with Crippen LogP contribution >= 0.6 is 11.3 Å². The second-order valence-corrected chi connectivity index (χ2v) is 8.96. The average Bonchev–Trinajstić information content (AvgIpc) is 3.48. The summed E-state index contributed by atoms with van der Waals surface area (Å²) in [6.07, 6.45) is 4.42. The van der Waals surface area contributed by atoms with Crippen molar-refractivity contribution in [1.82, 2.24) is 9.47 Å². The Morgan fingerprint density at radius 1 is 1.38 bits per heavy atom. The van der Waals surface area contributed by atoms with E-state index in [4.69, 9.17) is 4.74 Å². The van der Waals surface area contributed by atoms with E-state index in [0.717, 1.165) is 50.1 Å². The van der Waals surface area contributed by atoms with Crippen molar-refractivity contribution in [3.8, 4) is 6.07 Å². The molecule has 0 saturated carbocycles. The number of thiophene rings is 1. The Balaban J connectivity index is 1.51. The van der Waals surface area contributed by atoms with Gasteiger partial charge in [0.05, 0.1) is 24.8 Å². The number of hydrogen-bond acceptors (Lipinski definition) is 5. The Labute approximate surface area is 176 Å². The van der Waals surface area contributed by atoms with Crippen LogP contribution in [0.4, 0.5) is 5.82 Å². The van der Waals surface area contributed by atoms with Gasteiger partial charge in [-0.25, -0.2) is 0 Å². The highest BCUT2D eigenvalue weighted by atomic mass is 32.1. The second kappa shape index (κ2) is 8.70. The van der Waals surface area contributed by atoms with Gasteiger partial charge >= 0.3 is 0 Å². The Hall–Kier alpha value is -2.14. The van der Waals surface area contributed by atoms with Crippen LogP contribution in [0, 0.1) is 25.2 Å². The molecule has 0 spiro atoms. The maximum absolute atomic E-state index is 13.0. The normalized spacial score (nSPS) is 22.1. The van der Waals surface area contributed by atoms with Gasteiger partial charge in [0.25, 0.3) is 0 Å². The molecule has 4 rings (SSSR count). The van der Waals surface area contributed by atoms with Crippen molar-refractivity contribution in [2.75, 3.05) is 25.0 Å². The number of carbonyl (C=O) groups is 1. The minimum absolute atomic E-state index is 0.0592. The Kier molecular flexibility index (Phi) is 6.04. The quantitative estimate of drug-likeness (QED) is 0.779. The molecule has 6 nitrogen and oxygen atoms in total. The third kappa shape index (κ3) is 4.11. The fourth-order valence-corrected chi connectivity index (χ4v) is 5.42. The van der Waals surface area contributed by atoms with E-state index >= 15 is 0 Å². The molecule has 154 valence electrons. The summed E-state index contributed by atoms with van der Waals surface area (Å²) in [5.74, 6) is 0.561. The van der Waals surface area contributed by atoms with Crippen molar-refractivity contribution >= 4 is 23.1 Å². The molecule has 1 amide bonds. The number of ether oxygens (including phenoxy) is 1. The van der Waals surface area contributed by atoms with Crippen molar-refractivity contribution < 1.29 is 9.53 Å². The summed E-state index contributed by atoms with van der Waals surface area (Å²) in [5, 5.41) is 14.9. The van der Waals surface area contributed by atoms with Crippen molar-refractivity contribution in [3.05, 3.63) is 39.2 Å². The highest BCUT2D eigenvalue weighted by molar-refractivity contribution is 7.10. The number of carbonyl (C=O) groups excluding carboxylic acids is 1.